The molecular weight excluding hydrogens is 369 g/mol. The summed E-state index contributed by atoms with van der Waals surface area (Å²) in [6.45, 7) is 1.57. The van der Waals surface area contributed by atoms with E-state index in [0.29, 0.717) is 11.3 Å². The first-order valence-corrected chi connectivity index (χ1v) is 9.28. The molecular formula is C17H17F3N2O3S. The van der Waals surface area contributed by atoms with Crippen molar-refractivity contribution in [1.82, 2.24) is 0 Å². The van der Waals surface area contributed by atoms with Gasteiger partial charge in [-0.2, -0.15) is 13.2 Å². The van der Waals surface area contributed by atoms with Crippen LogP contribution in [-0.2, 0) is 16.2 Å². The maximum atomic E-state index is 12.8. The zero-order chi connectivity index (χ0) is 19.7. The zero-order valence-corrected chi connectivity index (χ0v) is 15.1. The van der Waals surface area contributed by atoms with Gasteiger partial charge in [-0.3, -0.25) is 9.10 Å². The topological polar surface area (TPSA) is 66.5 Å². The van der Waals surface area contributed by atoms with Gasteiger partial charge in [0.2, 0.25) is 10.0 Å². The normalized spacial score (nSPS) is 11.9. The summed E-state index contributed by atoms with van der Waals surface area (Å²) in [7, 11) is -2.17. The molecule has 1 amide bonds. The van der Waals surface area contributed by atoms with Crippen LogP contribution in [0.15, 0.2) is 42.5 Å². The number of halogens is 3. The highest BCUT2D eigenvalue weighted by Crippen LogP contribution is 2.31. The summed E-state index contributed by atoms with van der Waals surface area (Å²) in [5.74, 6) is -0.634. The van der Waals surface area contributed by atoms with Gasteiger partial charge in [0, 0.05) is 18.3 Å². The number of hydrogen-bond donors (Lipinski definition) is 1. The van der Waals surface area contributed by atoms with Crippen LogP contribution >= 0.6 is 0 Å². The molecule has 0 atom stereocenters. The predicted molar refractivity (Wildman–Crippen MR) is 93.8 cm³/mol. The maximum absolute atomic E-state index is 12.8. The molecule has 0 bridgehead atoms. The minimum absolute atomic E-state index is 0.00824. The van der Waals surface area contributed by atoms with E-state index < -0.39 is 27.7 Å². The lowest BCUT2D eigenvalue weighted by Gasteiger charge is -2.20. The molecule has 140 valence electrons. The van der Waals surface area contributed by atoms with Crippen molar-refractivity contribution in [3.63, 3.8) is 0 Å². The van der Waals surface area contributed by atoms with E-state index in [2.05, 4.69) is 5.32 Å². The fourth-order valence-corrected chi connectivity index (χ4v) is 2.92. The number of sulfonamides is 1. The van der Waals surface area contributed by atoms with Gasteiger partial charge in [0.1, 0.15) is 0 Å². The first-order chi connectivity index (χ1) is 11.9. The summed E-state index contributed by atoms with van der Waals surface area (Å²) < 4.78 is 62.8. The first-order valence-electron chi connectivity index (χ1n) is 7.43. The summed E-state index contributed by atoms with van der Waals surface area (Å²) in [6.07, 6.45) is -3.49. The molecule has 26 heavy (non-hydrogen) atoms. The second-order valence-electron chi connectivity index (χ2n) is 5.71. The standard InChI is InChI=1S/C17H17F3N2O3S/c1-11-14(8-5-9-15(11)22(2)26(3,24)25)16(23)21-13-7-4-6-12(10-13)17(18,19)20/h4-10H,1-3H3,(H,21,23). The smallest absolute Gasteiger partial charge is 0.322 e. The van der Waals surface area contributed by atoms with E-state index in [1.165, 1.54) is 37.4 Å². The number of carbonyl (C=O) groups excluding carboxylic acids is 1. The second-order valence-corrected chi connectivity index (χ2v) is 7.73. The molecule has 2 aromatic rings. The minimum Gasteiger partial charge on any atom is -0.322 e. The van der Waals surface area contributed by atoms with Crippen molar-refractivity contribution >= 4 is 27.3 Å². The van der Waals surface area contributed by atoms with Crippen molar-refractivity contribution in [2.75, 3.05) is 22.9 Å². The van der Waals surface area contributed by atoms with Crippen molar-refractivity contribution in [2.45, 2.75) is 13.1 Å². The quantitative estimate of drug-likeness (QED) is 0.872. The highest BCUT2D eigenvalue weighted by molar-refractivity contribution is 7.92. The van der Waals surface area contributed by atoms with Crippen molar-refractivity contribution in [3.8, 4) is 0 Å². The Kier molecular flexibility index (Phi) is 5.31. The van der Waals surface area contributed by atoms with Gasteiger partial charge >= 0.3 is 6.18 Å². The van der Waals surface area contributed by atoms with E-state index >= 15 is 0 Å². The van der Waals surface area contributed by atoms with E-state index in [4.69, 9.17) is 0 Å². The van der Waals surface area contributed by atoms with Crippen LogP contribution < -0.4 is 9.62 Å². The van der Waals surface area contributed by atoms with Crippen molar-refractivity contribution in [3.05, 3.63) is 59.2 Å². The third-order valence-electron chi connectivity index (χ3n) is 3.83. The summed E-state index contributed by atoms with van der Waals surface area (Å²) in [5, 5.41) is 2.41. The third-order valence-corrected chi connectivity index (χ3v) is 5.03. The molecule has 2 aromatic carbocycles. The lowest BCUT2D eigenvalue weighted by atomic mass is 10.1. The van der Waals surface area contributed by atoms with Gasteiger partial charge in [-0.15, -0.1) is 0 Å². The maximum Gasteiger partial charge on any atom is 0.416 e. The van der Waals surface area contributed by atoms with Gasteiger partial charge in [-0.05, 0) is 42.8 Å². The van der Waals surface area contributed by atoms with E-state index in [0.717, 1.165) is 22.7 Å². The fraction of sp³-hybridized carbons (Fsp3) is 0.235. The summed E-state index contributed by atoms with van der Waals surface area (Å²) in [5.41, 5.74) is -0.0202. The highest BCUT2D eigenvalue weighted by Gasteiger charge is 2.30. The minimum atomic E-state index is -4.52. The van der Waals surface area contributed by atoms with Crippen molar-refractivity contribution < 1.29 is 26.4 Å². The van der Waals surface area contributed by atoms with E-state index in [1.54, 1.807) is 6.92 Å². The highest BCUT2D eigenvalue weighted by atomic mass is 32.2. The number of amides is 1. The average molecular weight is 386 g/mol. The molecule has 0 aliphatic heterocycles. The molecule has 2 rings (SSSR count). The van der Waals surface area contributed by atoms with Crippen LogP contribution in [0.5, 0.6) is 0 Å². The number of nitrogens with zero attached hydrogens (tertiary/aromatic N) is 1. The van der Waals surface area contributed by atoms with Gasteiger partial charge < -0.3 is 5.32 Å². The van der Waals surface area contributed by atoms with Crippen LogP contribution in [0.3, 0.4) is 0 Å². The van der Waals surface area contributed by atoms with E-state index in [-0.39, 0.29) is 11.3 Å². The SMILES string of the molecule is Cc1c(C(=O)Nc2cccc(C(F)(F)F)c2)cccc1N(C)S(C)(=O)=O. The van der Waals surface area contributed by atoms with Gasteiger partial charge in [0.25, 0.3) is 5.91 Å². The van der Waals surface area contributed by atoms with E-state index in [1.807, 2.05) is 0 Å². The van der Waals surface area contributed by atoms with Gasteiger partial charge in [-0.25, -0.2) is 8.42 Å². The number of carbonyl (C=O) groups is 1. The molecule has 0 saturated carbocycles. The summed E-state index contributed by atoms with van der Waals surface area (Å²) in [4.78, 5) is 12.5. The molecule has 9 heteroatoms. The molecule has 0 aliphatic carbocycles. The monoisotopic (exact) mass is 386 g/mol. The lowest BCUT2D eigenvalue weighted by Crippen LogP contribution is -2.26. The molecule has 0 radical (unpaired) electrons. The molecule has 0 spiro atoms. The summed E-state index contributed by atoms with van der Waals surface area (Å²) in [6, 6.07) is 8.79. The van der Waals surface area contributed by atoms with Crippen LogP contribution in [-0.4, -0.2) is 27.6 Å². The number of hydrogen-bond acceptors (Lipinski definition) is 3. The van der Waals surface area contributed by atoms with Crippen LogP contribution in [0.2, 0.25) is 0 Å². The fourth-order valence-electron chi connectivity index (χ4n) is 2.36. The van der Waals surface area contributed by atoms with Crippen LogP contribution in [0.1, 0.15) is 21.5 Å². The largest absolute Gasteiger partial charge is 0.416 e. The Morgan fingerprint density at radius 2 is 1.73 bits per heavy atom. The van der Waals surface area contributed by atoms with Crippen molar-refractivity contribution in [2.24, 2.45) is 0 Å². The lowest BCUT2D eigenvalue weighted by molar-refractivity contribution is -0.137. The Morgan fingerprint density at radius 3 is 2.31 bits per heavy atom. The molecule has 0 aromatic heterocycles. The van der Waals surface area contributed by atoms with Crippen LogP contribution in [0, 0.1) is 6.92 Å². The number of alkyl halides is 3. The van der Waals surface area contributed by atoms with E-state index in [9.17, 15) is 26.4 Å². The Labute approximate surface area is 149 Å². The summed E-state index contributed by atoms with van der Waals surface area (Å²) >= 11 is 0. The number of rotatable bonds is 4. The molecule has 5 nitrogen and oxygen atoms in total. The Morgan fingerprint density at radius 1 is 1.12 bits per heavy atom. The van der Waals surface area contributed by atoms with Gasteiger partial charge in [-0.1, -0.05) is 12.1 Å². The Bertz CT molecular complexity index is 941. The number of anilines is 2. The molecule has 0 saturated heterocycles. The molecule has 0 unspecified atom stereocenters. The molecule has 0 heterocycles. The van der Waals surface area contributed by atoms with Crippen molar-refractivity contribution in [1.29, 1.82) is 0 Å². The van der Waals surface area contributed by atoms with Crippen LogP contribution in [0.4, 0.5) is 24.5 Å². The molecule has 1 N–H and O–H groups in total. The third kappa shape index (κ3) is 4.34. The number of benzene rings is 2. The average Bonchev–Trinajstić information content (AvgIpc) is 2.53. The van der Waals surface area contributed by atoms with Gasteiger partial charge in [0.15, 0.2) is 0 Å². The second kappa shape index (κ2) is 6.99. The number of nitrogens with one attached hydrogen (secondary N) is 1. The van der Waals surface area contributed by atoms with Crippen LogP contribution in [0.25, 0.3) is 0 Å². The van der Waals surface area contributed by atoms with Gasteiger partial charge in [0.05, 0.1) is 17.5 Å². The molecule has 0 aliphatic rings. The zero-order valence-electron chi connectivity index (χ0n) is 14.3. The molecule has 0 fully saturated rings. The first kappa shape index (κ1) is 19.8. The Hall–Kier alpha value is -2.55. The predicted octanol–water partition coefficient (Wildman–Crippen LogP) is 3.66. The Balaban J connectivity index is 2.34.